The Kier molecular flexibility index (Phi) is 16.0. The van der Waals surface area contributed by atoms with Crippen molar-refractivity contribution in [1.82, 2.24) is 39.0 Å². The maximum atomic E-state index is 6.84. The van der Waals surface area contributed by atoms with Crippen molar-refractivity contribution in [3.63, 3.8) is 0 Å². The van der Waals surface area contributed by atoms with Crippen molar-refractivity contribution in [3.05, 3.63) is 400 Å². The minimum atomic E-state index is 0.603. The molecular formula is C108H66N8O2. The van der Waals surface area contributed by atoms with E-state index in [1.165, 1.54) is 48.5 Å². The first kappa shape index (κ1) is 67.6. The van der Waals surface area contributed by atoms with Crippen LogP contribution in [0.25, 0.3) is 233 Å². The van der Waals surface area contributed by atoms with E-state index >= 15 is 0 Å². The Morgan fingerprint density at radius 2 is 0.568 bits per heavy atom. The number of nitrogens with zero attached hydrogens (tertiary/aromatic N) is 8. The van der Waals surface area contributed by atoms with Crippen molar-refractivity contribution in [2.24, 2.45) is 0 Å². The number of aromatic nitrogens is 8. The minimum Gasteiger partial charge on any atom is -0.456 e. The second-order valence-corrected chi connectivity index (χ2v) is 30.0. The predicted molar refractivity (Wildman–Crippen MR) is 484 cm³/mol. The Morgan fingerprint density at radius 3 is 1.14 bits per heavy atom. The molecule has 0 fully saturated rings. The van der Waals surface area contributed by atoms with Gasteiger partial charge in [-0.15, -0.1) is 0 Å². The number of para-hydroxylation sites is 4. The van der Waals surface area contributed by atoms with Crippen molar-refractivity contribution < 1.29 is 8.83 Å². The molecule has 24 rings (SSSR count). The van der Waals surface area contributed by atoms with Gasteiger partial charge in [-0.2, -0.15) is 0 Å². The van der Waals surface area contributed by atoms with Gasteiger partial charge in [0.1, 0.15) is 16.7 Å². The van der Waals surface area contributed by atoms with Gasteiger partial charge >= 0.3 is 0 Å². The number of rotatable bonds is 11. The fraction of sp³-hybridized carbons (Fsp3) is 0. The zero-order valence-electron chi connectivity index (χ0n) is 63.5. The van der Waals surface area contributed by atoms with E-state index in [0.29, 0.717) is 34.9 Å². The van der Waals surface area contributed by atoms with E-state index < -0.39 is 0 Å². The van der Waals surface area contributed by atoms with Gasteiger partial charge in [0, 0.05) is 82.5 Å². The molecule has 18 aromatic carbocycles. The summed E-state index contributed by atoms with van der Waals surface area (Å²) in [4.78, 5) is 30.3. The molecule has 0 aliphatic heterocycles. The van der Waals surface area contributed by atoms with Crippen LogP contribution >= 0.6 is 0 Å². The lowest BCUT2D eigenvalue weighted by Crippen LogP contribution is -2.00. The summed E-state index contributed by atoms with van der Waals surface area (Å²) in [7, 11) is 0. The molecule has 6 aromatic heterocycles. The molecule has 0 aliphatic rings. The van der Waals surface area contributed by atoms with E-state index in [2.05, 4.69) is 325 Å². The lowest BCUT2D eigenvalue weighted by Gasteiger charge is -2.13. The molecule has 0 amide bonds. The van der Waals surface area contributed by atoms with Gasteiger partial charge in [-0.05, 0) is 138 Å². The van der Waals surface area contributed by atoms with Gasteiger partial charge < -0.3 is 18.0 Å². The molecule has 0 saturated heterocycles. The summed E-state index contributed by atoms with van der Waals surface area (Å²) in [6, 6.07) is 140. The van der Waals surface area contributed by atoms with Gasteiger partial charge in [0.05, 0.1) is 33.4 Å². The molecule has 0 spiro atoms. The highest BCUT2D eigenvalue weighted by Crippen LogP contribution is 2.46. The molecule has 0 bridgehead atoms. The third-order valence-corrected chi connectivity index (χ3v) is 23.0. The summed E-state index contributed by atoms with van der Waals surface area (Å²) in [6.45, 7) is 0. The maximum Gasteiger partial charge on any atom is 0.164 e. The highest BCUT2D eigenvalue weighted by molar-refractivity contribution is 6.20. The summed E-state index contributed by atoms with van der Waals surface area (Å²) in [5, 5.41) is 16.3. The number of furan rings is 2. The van der Waals surface area contributed by atoms with Gasteiger partial charge in [-0.1, -0.05) is 322 Å². The van der Waals surface area contributed by atoms with Crippen molar-refractivity contribution in [2.75, 3.05) is 0 Å². The monoisotopic (exact) mass is 1510 g/mol. The molecule has 118 heavy (non-hydrogen) atoms. The third-order valence-electron chi connectivity index (χ3n) is 23.0. The first-order valence-electron chi connectivity index (χ1n) is 39.7. The van der Waals surface area contributed by atoms with E-state index in [4.69, 9.17) is 38.7 Å². The van der Waals surface area contributed by atoms with E-state index in [-0.39, 0.29) is 0 Å². The Morgan fingerprint density at radius 1 is 0.186 bits per heavy atom. The number of hydrogen-bond donors (Lipinski definition) is 0. The van der Waals surface area contributed by atoms with Crippen LogP contribution in [0.3, 0.4) is 0 Å². The molecule has 10 nitrogen and oxygen atoms in total. The van der Waals surface area contributed by atoms with Gasteiger partial charge in [-0.3, -0.25) is 0 Å². The molecule has 0 atom stereocenters. The van der Waals surface area contributed by atoms with Crippen LogP contribution in [0.5, 0.6) is 0 Å². The Hall–Kier alpha value is -16.0. The minimum absolute atomic E-state index is 0.603. The van der Waals surface area contributed by atoms with Crippen molar-refractivity contribution in [3.8, 4) is 113 Å². The fourth-order valence-corrected chi connectivity index (χ4v) is 17.4. The topological polar surface area (TPSA) is 113 Å². The summed E-state index contributed by atoms with van der Waals surface area (Å²) < 4.78 is 18.3. The zero-order chi connectivity index (χ0) is 77.7. The van der Waals surface area contributed by atoms with Crippen LogP contribution < -0.4 is 0 Å². The molecule has 24 aromatic rings. The number of hydrogen-bond acceptors (Lipinski definition) is 8. The second-order valence-electron chi connectivity index (χ2n) is 30.0. The van der Waals surface area contributed by atoms with Crippen LogP contribution in [-0.2, 0) is 0 Å². The third kappa shape index (κ3) is 11.7. The van der Waals surface area contributed by atoms with E-state index in [1.54, 1.807) is 0 Å². The molecule has 550 valence electrons. The van der Waals surface area contributed by atoms with Crippen molar-refractivity contribution in [2.45, 2.75) is 0 Å². The summed E-state index contributed by atoms with van der Waals surface area (Å²) in [6.07, 6.45) is 0. The highest BCUT2D eigenvalue weighted by Gasteiger charge is 2.25. The molecule has 6 heterocycles. The van der Waals surface area contributed by atoms with Crippen LogP contribution in [0.15, 0.2) is 409 Å². The first-order chi connectivity index (χ1) is 58.4. The smallest absolute Gasteiger partial charge is 0.164 e. The van der Waals surface area contributed by atoms with Gasteiger partial charge in [0.25, 0.3) is 0 Å². The van der Waals surface area contributed by atoms with Crippen LogP contribution in [-0.4, -0.2) is 39.0 Å². The van der Waals surface area contributed by atoms with Crippen molar-refractivity contribution >= 4 is 120 Å². The molecule has 0 N–H and O–H groups in total. The van der Waals surface area contributed by atoms with E-state index in [9.17, 15) is 0 Å². The number of benzene rings is 18. The molecule has 10 heteroatoms. The SMILES string of the molecule is c1ccc(-c2ccc(-c3nc(-c4ccccc4)nc(-c4cccc(-c5cc(-n6c7ccccc7c7cc8ccccc8cc76)cc6oc7ccccc7c56)c4)n3)cc2)cc1.c1ccc(-c2nc(-c3ccc(-c4ccc(-n5c6ccccc6c6cc7ccccc7cc65)c5oc6ccccc6c45)cc3)nc(-c3ccc4ccccc4c3)n2)cc1. The standard InChI is InChI=1S/C55H34N4O.C53H32N4O/c1-3-14-35(15-4-1)36-26-28-38(29-27-36)54-56-53(37-16-5-2-6-17-37)57-55(58-54)42-21-13-20-41(30-42)46-33-43(34-51-52(46)45-23-10-12-25-50(45)60-51)59-48-24-11-9-22-44(48)47-31-39-18-7-8-19-40(39)32-49(47)59;1-2-13-35(14-3-1)51-54-52(56-53(55-51)40-27-22-33-12-4-5-15-37(33)30-40)36-25-23-34(24-26-36)41-28-29-46(50-49(41)43-19-9-11-21-48(43)58-50)57-45-20-10-8-18-42(45)44-31-38-16-6-7-17-39(38)32-47(44)57/h1-34H;1-32H. The summed E-state index contributed by atoms with van der Waals surface area (Å²) in [5.74, 6) is 3.74. The van der Waals surface area contributed by atoms with Crippen molar-refractivity contribution in [1.29, 1.82) is 0 Å². The van der Waals surface area contributed by atoms with Gasteiger partial charge in [0.15, 0.2) is 40.5 Å². The predicted octanol–water partition coefficient (Wildman–Crippen LogP) is 28.2. The largest absolute Gasteiger partial charge is 0.456 e. The fourth-order valence-electron chi connectivity index (χ4n) is 17.4. The molecule has 0 unspecified atom stereocenters. The average molecular weight is 1510 g/mol. The second kappa shape index (κ2) is 28.0. The summed E-state index contributed by atoms with van der Waals surface area (Å²) >= 11 is 0. The quantitative estimate of drug-likeness (QED) is 0.126. The summed E-state index contributed by atoms with van der Waals surface area (Å²) in [5.41, 5.74) is 22.1. The normalized spacial score (nSPS) is 11.7. The van der Waals surface area contributed by atoms with Crippen LogP contribution in [0.2, 0.25) is 0 Å². The maximum absolute atomic E-state index is 6.84. The zero-order valence-corrected chi connectivity index (χ0v) is 63.5. The lowest BCUT2D eigenvalue weighted by molar-refractivity contribution is 0.666. The van der Waals surface area contributed by atoms with E-state index in [0.717, 1.165) is 149 Å². The van der Waals surface area contributed by atoms with E-state index in [1.807, 2.05) is 84.9 Å². The highest BCUT2D eigenvalue weighted by atomic mass is 16.3. The van der Waals surface area contributed by atoms with Gasteiger partial charge in [-0.25, -0.2) is 29.9 Å². The molecule has 0 saturated carbocycles. The Balaban J connectivity index is 0.000000138. The first-order valence-corrected chi connectivity index (χ1v) is 39.7. The Labute approximate surface area is 676 Å². The average Bonchev–Trinajstić information content (AvgIpc) is 1.56. The van der Waals surface area contributed by atoms with Crippen LogP contribution in [0.4, 0.5) is 0 Å². The van der Waals surface area contributed by atoms with Crippen LogP contribution in [0, 0.1) is 0 Å². The lowest BCUT2D eigenvalue weighted by atomic mass is 9.97. The molecular weight excluding hydrogens is 1440 g/mol. The molecule has 0 aliphatic carbocycles. The van der Waals surface area contributed by atoms with Crippen LogP contribution in [0.1, 0.15) is 0 Å². The Bertz CT molecular complexity index is 8110. The number of fused-ring (bicyclic) bond motifs is 15. The molecule has 0 radical (unpaired) electrons. The van der Waals surface area contributed by atoms with Gasteiger partial charge in [0.2, 0.25) is 0 Å².